The maximum atomic E-state index is 13.2. The van der Waals surface area contributed by atoms with Crippen LogP contribution in [0.2, 0.25) is 15.1 Å². The molecule has 27 nitrogen and oxygen atoms in total. The quantitative estimate of drug-likeness (QED) is 0.0165. The van der Waals surface area contributed by atoms with E-state index in [4.69, 9.17) is 49.0 Å². The SMILES string of the molecule is Cc1cc(OCCCc2c(C(=O)NS(=O)(=O)CCNC(=O)Cc3cn(C)c4ccccc34)[nH]c3ccccc23)cc(C)c1Cl.Cc1cc(OCCCc2c(C(=O)NS(=O)(=O)CCNC(=O)c3ccc4c(c3)CC=C4)[nH]c3ccccc23)cc(C)c1Cl.Cc1cc(OCCCc2c(C(=O)NS(=O)(=O)CCNC(=O)c3nccn3Cc3ccccc3)[nH]c3ccccc23)cc(C)c1Cl. The Bertz CT molecular complexity index is 6950. The molecule has 0 bridgehead atoms. The van der Waals surface area contributed by atoms with Crippen LogP contribution in [-0.2, 0) is 80.6 Å². The zero-order valence-corrected chi connectivity index (χ0v) is 78.0. The Morgan fingerprint density at radius 3 is 1.27 bits per heavy atom. The first kappa shape index (κ1) is 95.6. The van der Waals surface area contributed by atoms with Crippen LogP contribution >= 0.6 is 34.8 Å². The summed E-state index contributed by atoms with van der Waals surface area (Å²) < 4.78 is 105. The number of aromatic nitrogens is 6. The fourth-order valence-corrected chi connectivity index (χ4v) is 18.6. The van der Waals surface area contributed by atoms with Crippen LogP contribution in [0.3, 0.4) is 0 Å². The molecule has 0 fully saturated rings. The van der Waals surface area contributed by atoms with E-state index in [1.807, 2.05) is 241 Å². The minimum Gasteiger partial charge on any atom is -0.494 e. The zero-order valence-electron chi connectivity index (χ0n) is 73.3. The summed E-state index contributed by atoms with van der Waals surface area (Å²) in [5.41, 5.74) is 15.9. The summed E-state index contributed by atoms with van der Waals surface area (Å²) in [5.74, 6) is -2.50. The number of para-hydroxylation sites is 4. The number of hydrogen-bond acceptors (Lipinski definition) is 16. The molecule has 15 rings (SSSR count). The van der Waals surface area contributed by atoms with Gasteiger partial charge in [0.1, 0.15) is 34.3 Å². The molecule has 6 amide bonds. The number of nitrogens with one attached hydrogen (secondary N) is 9. The summed E-state index contributed by atoms with van der Waals surface area (Å²) >= 11 is 18.8. The number of aromatic amines is 3. The number of halogens is 3. The lowest BCUT2D eigenvalue weighted by Gasteiger charge is -2.11. The van der Waals surface area contributed by atoms with Crippen molar-refractivity contribution in [3.63, 3.8) is 0 Å². The molecular formula is C98H101Cl3N12O15S3. The number of rotatable bonds is 36. The van der Waals surface area contributed by atoms with E-state index in [0.717, 1.165) is 117 Å². The minimum absolute atomic E-state index is 0.118. The average molecular weight is 1890 g/mol. The van der Waals surface area contributed by atoms with Crippen LogP contribution in [0.5, 0.6) is 17.2 Å². The Hall–Kier alpha value is -13.0. The summed E-state index contributed by atoms with van der Waals surface area (Å²) in [7, 11) is -10.2. The van der Waals surface area contributed by atoms with Gasteiger partial charge >= 0.3 is 0 Å². The van der Waals surface area contributed by atoms with Gasteiger partial charge in [-0.2, -0.15) is 0 Å². The number of ether oxygens (including phenoxy) is 3. The molecular weight excluding hydrogens is 1790 g/mol. The number of imidazole rings is 1. The number of benzene rings is 9. The third-order valence-corrected chi connectivity index (χ3v) is 27.6. The summed E-state index contributed by atoms with van der Waals surface area (Å²) in [6, 6.07) is 56.3. The summed E-state index contributed by atoms with van der Waals surface area (Å²) in [6.45, 7) is 12.7. The Morgan fingerprint density at radius 1 is 0.450 bits per heavy atom. The van der Waals surface area contributed by atoms with Gasteiger partial charge in [0.05, 0.1) is 43.5 Å². The normalized spacial score (nSPS) is 11.8. The fourth-order valence-electron chi connectivity index (χ4n) is 15.7. The first-order chi connectivity index (χ1) is 62.7. The van der Waals surface area contributed by atoms with Crippen molar-refractivity contribution in [3.8, 4) is 17.2 Å². The van der Waals surface area contributed by atoms with Gasteiger partial charge in [-0.3, -0.25) is 28.8 Å². The molecule has 0 aliphatic heterocycles. The predicted molar refractivity (Wildman–Crippen MR) is 514 cm³/mol. The number of aryl methyl sites for hydroxylation is 10. The molecule has 0 atom stereocenters. The van der Waals surface area contributed by atoms with Gasteiger partial charge in [-0.15, -0.1) is 0 Å². The van der Waals surface area contributed by atoms with Gasteiger partial charge in [0, 0.05) is 116 Å². The molecule has 0 unspecified atom stereocenters. The molecule has 9 N–H and O–H groups in total. The minimum atomic E-state index is -4.08. The standard InChI is InChI=1S/C33H34ClN5O5S.C33H35ClN4O5S.C32H32ClN3O5S/c1-22-19-25(20-23(2)29(22)34)44-17-8-12-27-26-11-6-7-13-28(26)37-30(27)32(40)38-45(42,43)18-15-36-33(41)31-35-14-16-39(31)21-24-9-4-3-5-10-24;1-21-17-24(18-22(2)31(21)34)43-15-8-11-27-26-10-4-6-12-28(26)36-32(27)33(40)37-44(41,42)16-14-35-30(39)19-23-20-38(3)29-13-7-5-9-25(23)29;1-20-17-25(18-21(2)29(20)33)41-15-6-10-27-26-9-3-4-11-28(26)35-30(27)32(38)36-42(39,40)16-14-34-31(37)24-13-12-22-7-5-8-23(22)19-24/h3-7,9-11,13-14,16,19-20,37H,8,12,15,17-18,21H2,1-2H3,(H,36,41)(H,38,40);4-7,9-10,12-13,17-18,20,36H,8,11,14-16,19H2,1-3H3,(H,35,39)(H,37,40);3-5,7,9,11-13,17-19,35H,6,8,10,14-16H2,1-2H3,(H,34,37)(H,36,38). The van der Waals surface area contributed by atoms with Crippen LogP contribution in [0.4, 0.5) is 0 Å². The number of carbonyl (C=O) groups excluding carboxylic acids is 6. The molecule has 0 saturated carbocycles. The number of hydrogen-bond donors (Lipinski definition) is 9. The van der Waals surface area contributed by atoms with Crippen molar-refractivity contribution >= 4 is 150 Å². The van der Waals surface area contributed by atoms with Gasteiger partial charge in [0.25, 0.3) is 29.5 Å². The second kappa shape index (κ2) is 43.2. The Balaban J connectivity index is 0.000000167. The second-order valence-electron chi connectivity index (χ2n) is 32.0. The van der Waals surface area contributed by atoms with E-state index < -0.39 is 71.0 Å². The molecule has 5 heterocycles. The van der Waals surface area contributed by atoms with E-state index in [1.54, 1.807) is 22.9 Å². The lowest BCUT2D eigenvalue weighted by Crippen LogP contribution is -2.38. The van der Waals surface area contributed by atoms with Crippen LogP contribution in [0.1, 0.15) is 144 Å². The topological polar surface area (TPSA) is 375 Å². The van der Waals surface area contributed by atoms with Crippen molar-refractivity contribution in [1.29, 1.82) is 0 Å². The summed E-state index contributed by atoms with van der Waals surface area (Å²) in [4.78, 5) is 90.9. The smallest absolute Gasteiger partial charge is 0.287 e. The summed E-state index contributed by atoms with van der Waals surface area (Å²) in [5, 5.41) is 13.5. The van der Waals surface area contributed by atoms with Gasteiger partial charge < -0.3 is 54.2 Å². The highest BCUT2D eigenvalue weighted by atomic mass is 35.5. The number of H-pyrrole nitrogens is 3. The average Bonchev–Trinajstić information content (AvgIpc) is 1.65. The maximum Gasteiger partial charge on any atom is 0.287 e. The highest BCUT2D eigenvalue weighted by Gasteiger charge is 2.28. The monoisotopic (exact) mass is 1890 g/mol. The van der Waals surface area contributed by atoms with Gasteiger partial charge in [0.2, 0.25) is 36.0 Å². The number of nitrogens with zero attached hydrogens (tertiary/aromatic N) is 3. The van der Waals surface area contributed by atoms with Crippen molar-refractivity contribution in [3.05, 3.63) is 323 Å². The highest BCUT2D eigenvalue weighted by Crippen LogP contribution is 2.33. The number of sulfonamides is 3. The third kappa shape index (κ3) is 25.0. The van der Waals surface area contributed by atoms with Crippen molar-refractivity contribution in [2.24, 2.45) is 7.05 Å². The molecule has 33 heteroatoms. The van der Waals surface area contributed by atoms with E-state index >= 15 is 0 Å². The lowest BCUT2D eigenvalue weighted by atomic mass is 10.1. The number of allylic oxidation sites excluding steroid dienone is 1. The van der Waals surface area contributed by atoms with E-state index in [0.29, 0.717) is 108 Å². The largest absolute Gasteiger partial charge is 0.494 e. The molecule has 0 radical (unpaired) electrons. The first-order valence-electron chi connectivity index (χ1n) is 42.6. The van der Waals surface area contributed by atoms with Crippen molar-refractivity contribution in [2.45, 2.75) is 99.5 Å². The van der Waals surface area contributed by atoms with Crippen LogP contribution in [-0.4, -0.2) is 146 Å². The number of fused-ring (bicyclic) bond motifs is 5. The molecule has 131 heavy (non-hydrogen) atoms. The highest BCUT2D eigenvalue weighted by molar-refractivity contribution is 7.90. The molecule has 14 aromatic rings. The molecule has 5 aromatic heterocycles. The Morgan fingerprint density at radius 2 is 0.840 bits per heavy atom. The van der Waals surface area contributed by atoms with E-state index in [2.05, 4.69) is 50.1 Å². The van der Waals surface area contributed by atoms with E-state index in [9.17, 15) is 54.0 Å². The van der Waals surface area contributed by atoms with Crippen LogP contribution in [0.15, 0.2) is 207 Å². The molecule has 0 spiro atoms. The van der Waals surface area contributed by atoms with E-state index in [1.165, 1.54) is 6.20 Å². The predicted octanol–water partition coefficient (Wildman–Crippen LogP) is 16.1. The van der Waals surface area contributed by atoms with Gasteiger partial charge in [0.15, 0.2) is 5.82 Å². The molecule has 1 aliphatic rings. The third-order valence-electron chi connectivity index (χ3n) is 22.1. The van der Waals surface area contributed by atoms with Gasteiger partial charge in [-0.25, -0.2) is 44.4 Å². The lowest BCUT2D eigenvalue weighted by molar-refractivity contribution is -0.120. The number of carbonyl (C=O) groups is 6. The molecule has 1 aliphatic carbocycles. The van der Waals surface area contributed by atoms with Crippen LogP contribution in [0, 0.1) is 41.5 Å². The van der Waals surface area contributed by atoms with Crippen LogP contribution < -0.4 is 44.3 Å². The first-order valence-corrected chi connectivity index (χ1v) is 48.7. The fraction of sp³-hybridized carbons (Fsp3) is 0.255. The zero-order chi connectivity index (χ0) is 93.3. The molecule has 682 valence electrons. The van der Waals surface area contributed by atoms with Crippen molar-refractivity contribution < 1.29 is 68.2 Å². The Labute approximate surface area is 775 Å². The number of amides is 6. The molecule has 0 saturated heterocycles. The molecule has 9 aromatic carbocycles. The second-order valence-corrected chi connectivity index (χ2v) is 38.7. The van der Waals surface area contributed by atoms with Gasteiger partial charge in [-0.05, 0) is 232 Å². The van der Waals surface area contributed by atoms with Crippen molar-refractivity contribution in [2.75, 3.05) is 56.7 Å². The Kier molecular flexibility index (Phi) is 31.5. The van der Waals surface area contributed by atoms with Crippen molar-refractivity contribution in [1.82, 2.24) is 59.2 Å². The maximum absolute atomic E-state index is 13.2. The van der Waals surface area contributed by atoms with Gasteiger partial charge in [-0.1, -0.05) is 156 Å². The van der Waals surface area contributed by atoms with Crippen LogP contribution in [0.25, 0.3) is 49.7 Å². The summed E-state index contributed by atoms with van der Waals surface area (Å²) in [6.07, 6.45) is 13.2. The van der Waals surface area contributed by atoms with E-state index in [-0.39, 0.29) is 60.8 Å².